The van der Waals surface area contributed by atoms with Crippen molar-refractivity contribution >= 4 is 52.0 Å². The van der Waals surface area contributed by atoms with Crippen LogP contribution < -0.4 is 20.3 Å². The van der Waals surface area contributed by atoms with Crippen LogP contribution in [0.25, 0.3) is 0 Å². The molecule has 2 aliphatic rings. The minimum Gasteiger partial charge on any atom is -0.433 e. The van der Waals surface area contributed by atoms with Gasteiger partial charge in [-0.15, -0.1) is 11.3 Å². The molecule has 9 nitrogen and oxygen atoms in total. The molecule has 1 aliphatic carbocycles. The number of benzene rings is 1. The predicted molar refractivity (Wildman–Crippen MR) is 154 cm³/mol. The Kier molecular flexibility index (Phi) is 10.2. The van der Waals surface area contributed by atoms with Crippen molar-refractivity contribution in [2.24, 2.45) is 11.3 Å². The number of anilines is 2. The Labute approximate surface area is 247 Å². The second-order valence-electron chi connectivity index (χ2n) is 11.4. The van der Waals surface area contributed by atoms with Crippen molar-refractivity contribution in [3.8, 4) is 5.75 Å². The highest BCUT2D eigenvalue weighted by Gasteiger charge is 2.35. The van der Waals surface area contributed by atoms with Crippen LogP contribution in [0.1, 0.15) is 43.3 Å². The van der Waals surface area contributed by atoms with Crippen LogP contribution in [0.3, 0.4) is 0 Å². The molecule has 1 saturated carbocycles. The number of carbonyl (C=O) groups excluding carboxylic acids is 3. The normalized spacial score (nSPS) is 16.7. The SMILES string of the molecule is CC(C)(C)CN(CC1CC1)[C@H](CNC(=O)c1ccc(Cl)s1)C(=O)Nc1ccc(N2CCOCC2=O)cc1OC(F)F. The van der Waals surface area contributed by atoms with Crippen molar-refractivity contribution in [1.82, 2.24) is 10.2 Å². The van der Waals surface area contributed by atoms with E-state index in [1.165, 1.54) is 17.0 Å². The fourth-order valence-corrected chi connectivity index (χ4v) is 5.59. The predicted octanol–water partition coefficient (Wildman–Crippen LogP) is 4.86. The quantitative estimate of drug-likeness (QED) is 0.355. The van der Waals surface area contributed by atoms with Crippen LogP contribution in [0.15, 0.2) is 30.3 Å². The number of ether oxygens (including phenoxy) is 2. The Hall–Kier alpha value is -2.80. The number of alkyl halides is 2. The second-order valence-corrected chi connectivity index (χ2v) is 13.1. The summed E-state index contributed by atoms with van der Waals surface area (Å²) in [5.41, 5.74) is 0.228. The Morgan fingerprint density at radius 2 is 2.00 bits per heavy atom. The largest absolute Gasteiger partial charge is 0.433 e. The maximum Gasteiger partial charge on any atom is 0.387 e. The van der Waals surface area contributed by atoms with Crippen molar-refractivity contribution in [2.45, 2.75) is 46.3 Å². The summed E-state index contributed by atoms with van der Waals surface area (Å²) in [6.07, 6.45) is 2.12. The molecule has 1 aromatic heterocycles. The minimum absolute atomic E-state index is 0.00557. The van der Waals surface area contributed by atoms with Crippen molar-refractivity contribution in [2.75, 3.05) is 49.6 Å². The van der Waals surface area contributed by atoms with E-state index in [2.05, 4.69) is 31.4 Å². The van der Waals surface area contributed by atoms with Crippen LogP contribution in [-0.2, 0) is 14.3 Å². The molecule has 3 amide bonds. The molecule has 1 atom stereocenters. The highest BCUT2D eigenvalue weighted by atomic mass is 35.5. The number of hydrogen-bond donors (Lipinski definition) is 2. The topological polar surface area (TPSA) is 100 Å². The maximum atomic E-state index is 13.8. The summed E-state index contributed by atoms with van der Waals surface area (Å²) in [4.78, 5) is 42.8. The number of nitrogens with one attached hydrogen (secondary N) is 2. The van der Waals surface area contributed by atoms with Crippen molar-refractivity contribution in [3.63, 3.8) is 0 Å². The summed E-state index contributed by atoms with van der Waals surface area (Å²) < 4.78 is 37.1. The number of nitrogens with zero attached hydrogens (tertiary/aromatic N) is 2. The number of carbonyl (C=O) groups is 3. The van der Waals surface area contributed by atoms with Crippen molar-refractivity contribution in [3.05, 3.63) is 39.5 Å². The zero-order chi connectivity index (χ0) is 29.7. The van der Waals surface area contributed by atoms with Gasteiger partial charge in [-0.3, -0.25) is 19.3 Å². The van der Waals surface area contributed by atoms with Gasteiger partial charge in [0.05, 0.1) is 21.5 Å². The smallest absolute Gasteiger partial charge is 0.387 e. The second kappa shape index (κ2) is 13.5. The number of thiophene rings is 1. The fourth-order valence-electron chi connectivity index (χ4n) is 4.63. The molecule has 4 rings (SSSR count). The lowest BCUT2D eigenvalue weighted by molar-refractivity contribution is -0.125. The van der Waals surface area contributed by atoms with Gasteiger partial charge in [0.2, 0.25) is 5.91 Å². The Balaban J connectivity index is 1.59. The molecule has 0 bridgehead atoms. The van der Waals surface area contributed by atoms with E-state index in [4.69, 9.17) is 21.1 Å². The van der Waals surface area contributed by atoms with Gasteiger partial charge in [-0.2, -0.15) is 8.78 Å². The van der Waals surface area contributed by atoms with Crippen LogP contribution in [-0.4, -0.2) is 74.7 Å². The zero-order valence-electron chi connectivity index (χ0n) is 23.3. The molecule has 2 N–H and O–H groups in total. The average Bonchev–Trinajstić information content (AvgIpc) is 3.60. The number of rotatable bonds is 12. The summed E-state index contributed by atoms with van der Waals surface area (Å²) >= 11 is 7.12. The molecule has 13 heteroatoms. The first-order valence-corrected chi connectivity index (χ1v) is 14.6. The van der Waals surface area contributed by atoms with Crippen LogP contribution in [0.5, 0.6) is 5.75 Å². The number of amides is 3. The molecule has 2 fully saturated rings. The first-order chi connectivity index (χ1) is 19.4. The standard InChI is InChI=1S/C28H35ClF2N4O5S/c1-28(2,3)16-34(14-17-4-5-17)20(13-32-26(38)22-8-9-23(29)41-22)25(37)33-19-7-6-18(12-21(19)40-27(30)31)35-10-11-39-15-24(35)36/h6-9,12,17,20,27H,4-5,10-11,13-16H2,1-3H3,(H,32,38)(H,33,37)/t20-/m1/s1. The highest BCUT2D eigenvalue weighted by molar-refractivity contribution is 7.18. The van der Waals surface area contributed by atoms with Gasteiger partial charge >= 0.3 is 6.61 Å². The van der Waals surface area contributed by atoms with Gasteiger partial charge in [0, 0.05) is 37.9 Å². The van der Waals surface area contributed by atoms with E-state index in [0.717, 1.165) is 24.2 Å². The van der Waals surface area contributed by atoms with Gasteiger partial charge in [0.1, 0.15) is 12.6 Å². The van der Waals surface area contributed by atoms with Gasteiger partial charge in [-0.25, -0.2) is 0 Å². The van der Waals surface area contributed by atoms with Gasteiger partial charge < -0.3 is 25.0 Å². The van der Waals surface area contributed by atoms with Crippen molar-refractivity contribution < 1.29 is 32.6 Å². The third kappa shape index (κ3) is 9.09. The third-order valence-corrected chi connectivity index (χ3v) is 7.83. The molecular formula is C28H35ClF2N4O5S. The van der Waals surface area contributed by atoms with E-state index >= 15 is 0 Å². The van der Waals surface area contributed by atoms with E-state index in [1.54, 1.807) is 18.2 Å². The van der Waals surface area contributed by atoms with E-state index in [0.29, 0.717) is 40.5 Å². The first-order valence-electron chi connectivity index (χ1n) is 13.4. The molecule has 2 heterocycles. The fraction of sp³-hybridized carbons (Fsp3) is 0.536. The highest BCUT2D eigenvalue weighted by Crippen LogP contribution is 2.34. The van der Waals surface area contributed by atoms with Gasteiger partial charge in [-0.05, 0) is 48.4 Å². The Morgan fingerprint density at radius 3 is 2.61 bits per heavy atom. The molecular weight excluding hydrogens is 578 g/mol. The lowest BCUT2D eigenvalue weighted by Gasteiger charge is -2.36. The summed E-state index contributed by atoms with van der Waals surface area (Å²) in [5.74, 6) is -0.971. The van der Waals surface area contributed by atoms with Crippen molar-refractivity contribution in [1.29, 1.82) is 0 Å². The minimum atomic E-state index is -3.15. The van der Waals surface area contributed by atoms with E-state index < -0.39 is 18.6 Å². The van der Waals surface area contributed by atoms with Gasteiger partial charge in [-0.1, -0.05) is 32.4 Å². The Bertz CT molecular complexity index is 1250. The molecule has 1 saturated heterocycles. The molecule has 224 valence electrons. The first kappa shape index (κ1) is 31.1. The number of morpholine rings is 1. The van der Waals surface area contributed by atoms with E-state index in [-0.39, 0.29) is 48.4 Å². The molecule has 41 heavy (non-hydrogen) atoms. The number of halogens is 3. The maximum absolute atomic E-state index is 13.8. The third-order valence-electron chi connectivity index (χ3n) is 6.60. The summed E-state index contributed by atoms with van der Waals surface area (Å²) in [7, 11) is 0. The van der Waals surface area contributed by atoms with Crippen LogP contribution in [0, 0.1) is 11.3 Å². The lowest BCUT2D eigenvalue weighted by Crippen LogP contribution is -2.53. The van der Waals surface area contributed by atoms with Gasteiger partial charge in [0.15, 0.2) is 5.75 Å². The van der Waals surface area contributed by atoms with E-state index in [9.17, 15) is 23.2 Å². The van der Waals surface area contributed by atoms with Gasteiger partial charge in [0.25, 0.3) is 11.8 Å². The lowest BCUT2D eigenvalue weighted by atomic mass is 9.94. The summed E-state index contributed by atoms with van der Waals surface area (Å²) in [6, 6.07) is 6.75. The molecule has 0 spiro atoms. The summed E-state index contributed by atoms with van der Waals surface area (Å²) in [5, 5.41) is 5.59. The zero-order valence-corrected chi connectivity index (χ0v) is 24.8. The van der Waals surface area contributed by atoms with E-state index in [1.807, 2.05) is 4.90 Å². The monoisotopic (exact) mass is 612 g/mol. The number of hydrogen-bond acceptors (Lipinski definition) is 7. The van der Waals surface area contributed by atoms with Crippen LogP contribution in [0.4, 0.5) is 20.2 Å². The molecule has 2 aromatic rings. The summed E-state index contributed by atoms with van der Waals surface area (Å²) in [6.45, 7) is 4.73. The van der Waals surface area contributed by atoms with Crippen LogP contribution >= 0.6 is 22.9 Å². The molecule has 0 radical (unpaired) electrons. The molecule has 1 aliphatic heterocycles. The van der Waals surface area contributed by atoms with Crippen LogP contribution in [0.2, 0.25) is 4.34 Å². The average molecular weight is 613 g/mol. The Morgan fingerprint density at radius 1 is 1.24 bits per heavy atom. The molecule has 0 unspecified atom stereocenters. The molecule has 1 aromatic carbocycles.